The van der Waals surface area contributed by atoms with Crippen molar-refractivity contribution in [1.82, 2.24) is 14.3 Å². The lowest BCUT2D eigenvalue weighted by atomic mass is 9.95. The van der Waals surface area contributed by atoms with Crippen molar-refractivity contribution in [2.45, 2.75) is 42.5 Å². The molecule has 1 aromatic heterocycles. The van der Waals surface area contributed by atoms with Crippen LogP contribution in [0.1, 0.15) is 29.8 Å². The third kappa shape index (κ3) is 5.56. The second-order valence-electron chi connectivity index (χ2n) is 8.56. The van der Waals surface area contributed by atoms with Gasteiger partial charge in [0.15, 0.2) is 5.78 Å². The Balaban J connectivity index is 1.54. The minimum absolute atomic E-state index is 0.0509. The smallest absolute Gasteiger partial charge is 0.298 e. The maximum atomic E-state index is 14.7. The molecule has 0 unspecified atom stereocenters. The van der Waals surface area contributed by atoms with Gasteiger partial charge in [-0.1, -0.05) is 6.07 Å². The van der Waals surface area contributed by atoms with E-state index in [1.807, 2.05) is 6.07 Å². The van der Waals surface area contributed by atoms with Crippen molar-refractivity contribution in [2.75, 3.05) is 6.54 Å². The van der Waals surface area contributed by atoms with Gasteiger partial charge < -0.3 is 0 Å². The molecule has 7 nitrogen and oxygen atoms in total. The highest BCUT2D eigenvalue weighted by atomic mass is 32.2. The van der Waals surface area contributed by atoms with Crippen LogP contribution < -0.4 is 0 Å². The molecule has 1 fully saturated rings. The quantitative estimate of drug-likeness (QED) is 0.402. The summed E-state index contributed by atoms with van der Waals surface area (Å²) >= 11 is 0. The van der Waals surface area contributed by atoms with Crippen molar-refractivity contribution >= 4 is 15.8 Å². The first-order chi connectivity index (χ1) is 17.9. The molecule has 3 aromatic rings. The van der Waals surface area contributed by atoms with E-state index in [9.17, 15) is 40.4 Å². The standard InChI is InChI=1S/C25H19F5N4O3S/c26-19-4-6-20(7-5-19)38(36,37)34-10-9-21(27)23(34)22(35)8-3-15-11-16(1-2-17(15)12-31)18-13-32-24(33-14-18)25(28,29)30/h1-2,4-7,11,13-14,21,23H,3,8-10H2/t21-,23-/m0/s1. The predicted octanol–water partition coefficient (Wildman–Crippen LogP) is 4.48. The number of sulfonamides is 1. The Hall–Kier alpha value is -3.76. The Bertz CT molecular complexity index is 1490. The molecule has 0 saturated carbocycles. The van der Waals surface area contributed by atoms with Gasteiger partial charge in [0.2, 0.25) is 15.8 Å². The summed E-state index contributed by atoms with van der Waals surface area (Å²) in [5.41, 5.74) is 1.18. The molecular formula is C25H19F5N4O3S. The molecule has 0 bridgehead atoms. The Labute approximate surface area is 214 Å². The van der Waals surface area contributed by atoms with Gasteiger partial charge in [-0.15, -0.1) is 0 Å². The van der Waals surface area contributed by atoms with Crippen LogP contribution in [0.5, 0.6) is 0 Å². The number of hydrogen-bond acceptors (Lipinski definition) is 6. The molecule has 2 heterocycles. The second kappa shape index (κ2) is 10.5. The molecule has 1 aliphatic rings. The van der Waals surface area contributed by atoms with Crippen LogP contribution in [0.4, 0.5) is 22.0 Å². The molecule has 2 aromatic carbocycles. The molecule has 0 amide bonds. The fraction of sp³-hybridized carbons (Fsp3) is 0.280. The Morgan fingerprint density at radius 1 is 1.08 bits per heavy atom. The minimum Gasteiger partial charge on any atom is -0.298 e. The summed E-state index contributed by atoms with van der Waals surface area (Å²) in [6.07, 6.45) is -5.03. The van der Waals surface area contributed by atoms with E-state index in [1.54, 1.807) is 0 Å². The van der Waals surface area contributed by atoms with Crippen LogP contribution in [0.25, 0.3) is 11.1 Å². The molecule has 13 heteroatoms. The molecule has 0 spiro atoms. The number of aryl methyl sites for hydroxylation is 1. The van der Waals surface area contributed by atoms with E-state index in [-0.39, 0.29) is 41.8 Å². The number of alkyl halides is 4. The number of nitrogens with zero attached hydrogens (tertiary/aromatic N) is 4. The van der Waals surface area contributed by atoms with Gasteiger partial charge in [-0.2, -0.15) is 22.7 Å². The summed E-state index contributed by atoms with van der Waals surface area (Å²) in [6.45, 7) is -0.232. The molecule has 198 valence electrons. The molecule has 1 aliphatic heterocycles. The Morgan fingerprint density at radius 2 is 1.74 bits per heavy atom. The van der Waals surface area contributed by atoms with Crippen LogP contribution in [0.15, 0.2) is 59.8 Å². The van der Waals surface area contributed by atoms with Crippen molar-refractivity contribution in [3.63, 3.8) is 0 Å². The van der Waals surface area contributed by atoms with Crippen molar-refractivity contribution in [3.05, 3.63) is 77.6 Å². The van der Waals surface area contributed by atoms with E-state index in [4.69, 9.17) is 0 Å². The number of hydrogen-bond donors (Lipinski definition) is 0. The van der Waals surface area contributed by atoms with Gasteiger partial charge in [0.1, 0.15) is 18.0 Å². The van der Waals surface area contributed by atoms with Crippen LogP contribution in [0.2, 0.25) is 0 Å². The highest BCUT2D eigenvalue weighted by molar-refractivity contribution is 7.89. The average Bonchev–Trinajstić information content (AvgIpc) is 3.29. The average molecular weight is 551 g/mol. The number of halogens is 5. The van der Waals surface area contributed by atoms with E-state index < -0.39 is 45.8 Å². The van der Waals surface area contributed by atoms with Crippen LogP contribution >= 0.6 is 0 Å². The largest absolute Gasteiger partial charge is 0.451 e. The summed E-state index contributed by atoms with van der Waals surface area (Å²) in [5, 5.41) is 9.46. The van der Waals surface area contributed by atoms with Gasteiger partial charge in [0, 0.05) is 30.9 Å². The minimum atomic E-state index is -4.71. The van der Waals surface area contributed by atoms with Crippen LogP contribution in [-0.2, 0) is 27.4 Å². The first-order valence-electron chi connectivity index (χ1n) is 11.3. The highest BCUT2D eigenvalue weighted by Crippen LogP contribution is 2.31. The third-order valence-electron chi connectivity index (χ3n) is 6.13. The van der Waals surface area contributed by atoms with E-state index in [0.717, 1.165) is 41.0 Å². The zero-order chi connectivity index (χ0) is 27.7. The van der Waals surface area contributed by atoms with Crippen molar-refractivity contribution < 1.29 is 35.2 Å². The number of carbonyl (C=O) groups excluding carboxylic acids is 1. The second-order valence-corrected chi connectivity index (χ2v) is 10.5. The lowest BCUT2D eigenvalue weighted by Crippen LogP contribution is -2.44. The summed E-state index contributed by atoms with van der Waals surface area (Å²) in [4.78, 5) is 19.4. The fourth-order valence-electron chi connectivity index (χ4n) is 4.22. The molecule has 0 N–H and O–H groups in total. The third-order valence-corrected chi connectivity index (χ3v) is 8.03. The molecule has 4 rings (SSSR count). The molecule has 1 saturated heterocycles. The highest BCUT2D eigenvalue weighted by Gasteiger charge is 2.45. The van der Waals surface area contributed by atoms with Gasteiger partial charge in [-0.3, -0.25) is 4.79 Å². The first-order valence-corrected chi connectivity index (χ1v) is 12.7. The summed E-state index contributed by atoms with van der Waals surface area (Å²) in [7, 11) is -4.28. The lowest BCUT2D eigenvalue weighted by molar-refractivity contribution is -0.145. The number of aromatic nitrogens is 2. The predicted molar refractivity (Wildman–Crippen MR) is 124 cm³/mol. The monoisotopic (exact) mass is 550 g/mol. The van der Waals surface area contributed by atoms with Crippen molar-refractivity contribution in [3.8, 4) is 17.2 Å². The maximum Gasteiger partial charge on any atom is 0.451 e. The number of Topliss-reactive ketones (excluding diaryl/α,β-unsaturated/α-hetero) is 1. The summed E-state index contributed by atoms with van der Waals surface area (Å²) < 4.78 is 93.1. The van der Waals surface area contributed by atoms with Gasteiger partial charge >= 0.3 is 6.18 Å². The normalized spacial score (nSPS) is 18.3. The fourth-order valence-corrected chi connectivity index (χ4v) is 5.87. The van der Waals surface area contributed by atoms with Crippen LogP contribution in [0, 0.1) is 17.1 Å². The number of rotatable bonds is 7. The molecule has 38 heavy (non-hydrogen) atoms. The van der Waals surface area contributed by atoms with E-state index >= 15 is 0 Å². The number of benzene rings is 2. The Kier molecular flexibility index (Phi) is 7.57. The van der Waals surface area contributed by atoms with Gasteiger partial charge in [-0.25, -0.2) is 27.2 Å². The summed E-state index contributed by atoms with van der Waals surface area (Å²) in [5.74, 6) is -2.66. The number of nitriles is 1. The van der Waals surface area contributed by atoms with E-state index in [2.05, 4.69) is 9.97 Å². The Morgan fingerprint density at radius 3 is 2.34 bits per heavy atom. The van der Waals surface area contributed by atoms with Crippen LogP contribution in [0.3, 0.4) is 0 Å². The van der Waals surface area contributed by atoms with Crippen LogP contribution in [-0.4, -0.2) is 47.2 Å². The lowest BCUT2D eigenvalue weighted by Gasteiger charge is -2.24. The SMILES string of the molecule is N#Cc1ccc(-c2cnc(C(F)(F)F)nc2)cc1CCC(=O)[C@@H]1[C@@H](F)CCN1S(=O)(=O)c1ccc(F)cc1. The topological polar surface area (TPSA) is 104 Å². The number of ketones is 1. The molecule has 0 aliphatic carbocycles. The summed E-state index contributed by atoms with van der Waals surface area (Å²) in [6, 6.07) is 8.75. The van der Waals surface area contributed by atoms with Gasteiger partial charge in [-0.05, 0) is 60.4 Å². The van der Waals surface area contributed by atoms with Crippen molar-refractivity contribution in [2.24, 2.45) is 0 Å². The molecule has 0 radical (unpaired) electrons. The molecule has 2 atom stereocenters. The van der Waals surface area contributed by atoms with Gasteiger partial charge in [0.25, 0.3) is 0 Å². The zero-order valence-corrected chi connectivity index (χ0v) is 20.3. The van der Waals surface area contributed by atoms with E-state index in [0.29, 0.717) is 11.1 Å². The van der Waals surface area contributed by atoms with E-state index in [1.165, 1.54) is 18.2 Å². The zero-order valence-electron chi connectivity index (χ0n) is 19.5. The first kappa shape index (κ1) is 27.3. The number of carbonyl (C=O) groups is 1. The van der Waals surface area contributed by atoms with Crippen molar-refractivity contribution in [1.29, 1.82) is 5.26 Å². The van der Waals surface area contributed by atoms with Gasteiger partial charge in [0.05, 0.1) is 16.5 Å². The maximum absolute atomic E-state index is 14.7. The molecular weight excluding hydrogens is 531 g/mol.